The number of urea groups is 1. The van der Waals surface area contributed by atoms with Gasteiger partial charge in [0.1, 0.15) is 18.2 Å². The van der Waals surface area contributed by atoms with Crippen molar-refractivity contribution in [3.05, 3.63) is 11.3 Å². The van der Waals surface area contributed by atoms with E-state index in [9.17, 15) is 28.8 Å². The molecular formula is C42H71N3O9. The molecule has 12 nitrogen and oxygen atoms in total. The Morgan fingerprint density at radius 2 is 1.24 bits per heavy atom. The van der Waals surface area contributed by atoms with Gasteiger partial charge in [-0.25, -0.2) is 14.4 Å². The average Bonchev–Trinajstić information content (AvgIpc) is 3.20. The summed E-state index contributed by atoms with van der Waals surface area (Å²) in [7, 11) is 0. The maximum atomic E-state index is 13.7. The first-order chi connectivity index (χ1) is 25.5. The minimum atomic E-state index is -1.13. The maximum absolute atomic E-state index is 13.7. The zero-order valence-corrected chi connectivity index (χ0v) is 34.6. The van der Waals surface area contributed by atoms with Crippen molar-refractivity contribution in [2.24, 2.45) is 23.2 Å². The Balaban J connectivity index is 2.16. The van der Waals surface area contributed by atoms with Crippen molar-refractivity contribution in [1.29, 1.82) is 0 Å². The average molecular weight is 762 g/mol. The Bertz CT molecular complexity index is 1240. The predicted octanol–water partition coefficient (Wildman–Crippen LogP) is 7.27. The number of nitrogens with one attached hydrogen (secondary N) is 3. The van der Waals surface area contributed by atoms with Crippen LogP contribution in [0.3, 0.4) is 0 Å². The molecule has 0 aromatic heterocycles. The molecule has 0 spiro atoms. The fraction of sp³-hybridized carbons (Fsp3) is 0.810. The summed E-state index contributed by atoms with van der Waals surface area (Å²) in [6, 6.07) is -2.86. The molecule has 0 aromatic carbocycles. The van der Waals surface area contributed by atoms with Gasteiger partial charge in [-0.05, 0) is 81.0 Å². The lowest BCUT2D eigenvalue weighted by molar-refractivity contribution is -0.152. The third kappa shape index (κ3) is 18.7. The van der Waals surface area contributed by atoms with E-state index in [2.05, 4.69) is 16.0 Å². The third-order valence-corrected chi connectivity index (χ3v) is 9.55. The molecule has 2 atom stereocenters. The largest absolute Gasteiger partial charge is 0.465 e. The van der Waals surface area contributed by atoms with E-state index in [-0.39, 0.29) is 78.9 Å². The first kappa shape index (κ1) is 46.7. The molecule has 0 aromatic rings. The van der Waals surface area contributed by atoms with Gasteiger partial charge in [0, 0.05) is 31.5 Å². The molecule has 3 N–H and O–H groups in total. The predicted molar refractivity (Wildman–Crippen MR) is 208 cm³/mol. The fourth-order valence-corrected chi connectivity index (χ4v) is 6.74. The topological polar surface area (TPSA) is 166 Å². The molecule has 0 unspecified atom stereocenters. The highest BCUT2D eigenvalue weighted by Crippen LogP contribution is 2.35. The molecule has 0 radical (unpaired) electrons. The van der Waals surface area contributed by atoms with Crippen molar-refractivity contribution < 1.29 is 43.0 Å². The lowest BCUT2D eigenvalue weighted by Crippen LogP contribution is -2.52. The van der Waals surface area contributed by atoms with Gasteiger partial charge < -0.3 is 30.2 Å². The monoisotopic (exact) mass is 762 g/mol. The van der Waals surface area contributed by atoms with Crippen LogP contribution in [-0.4, -0.2) is 73.5 Å². The Hall–Kier alpha value is -3.44. The molecule has 2 saturated carbocycles. The summed E-state index contributed by atoms with van der Waals surface area (Å²) < 4.78 is 16.7. The molecule has 308 valence electrons. The van der Waals surface area contributed by atoms with Gasteiger partial charge in [-0.2, -0.15) is 0 Å². The normalized spacial score (nSPS) is 17.9. The summed E-state index contributed by atoms with van der Waals surface area (Å²) in [5.74, 6) is -1.47. The number of unbranched alkanes of at least 4 members (excludes halogenated alkanes) is 1. The number of carbonyl (C=O) groups excluding carboxylic acids is 6. The Morgan fingerprint density at radius 1 is 0.704 bits per heavy atom. The van der Waals surface area contributed by atoms with Crippen molar-refractivity contribution in [2.75, 3.05) is 19.8 Å². The van der Waals surface area contributed by atoms with Crippen molar-refractivity contribution in [3.8, 4) is 0 Å². The summed E-state index contributed by atoms with van der Waals surface area (Å²) in [4.78, 5) is 78.6. The van der Waals surface area contributed by atoms with Crippen molar-refractivity contribution in [2.45, 2.75) is 176 Å². The molecule has 0 aliphatic heterocycles. The smallest absolute Gasteiger partial charge is 0.328 e. The second-order valence-corrected chi connectivity index (χ2v) is 17.4. The van der Waals surface area contributed by atoms with Crippen molar-refractivity contribution >= 4 is 35.5 Å². The van der Waals surface area contributed by atoms with E-state index in [4.69, 9.17) is 14.2 Å². The summed E-state index contributed by atoms with van der Waals surface area (Å²) >= 11 is 0. The quantitative estimate of drug-likeness (QED) is 0.0378. The SMILES string of the molecule is CC(C)COC(=O)CC[C@H](NC(=O)N[C@@H](CCCCNC(CC(C)C)=C1C(=O)CC(C)(C)CC1=O)C(=O)OC1CCCCCCCC1)C(=O)OCC(C)C. The Morgan fingerprint density at radius 3 is 1.80 bits per heavy atom. The van der Waals surface area contributed by atoms with Crippen molar-refractivity contribution in [3.63, 3.8) is 0 Å². The van der Waals surface area contributed by atoms with E-state index in [1.54, 1.807) is 0 Å². The Kier molecular flexibility index (Phi) is 20.9. The van der Waals surface area contributed by atoms with E-state index in [1.807, 2.05) is 55.4 Å². The number of ketones is 2. The van der Waals surface area contributed by atoms with Gasteiger partial charge in [-0.1, -0.05) is 81.1 Å². The van der Waals surface area contributed by atoms with E-state index in [1.165, 1.54) is 12.8 Å². The van der Waals surface area contributed by atoms with E-state index >= 15 is 0 Å². The van der Waals surface area contributed by atoms with Crippen LogP contribution in [0, 0.1) is 23.2 Å². The molecular weight excluding hydrogens is 690 g/mol. The van der Waals surface area contributed by atoms with Gasteiger partial charge in [-0.3, -0.25) is 14.4 Å². The molecule has 0 bridgehead atoms. The van der Waals surface area contributed by atoms with Crippen LogP contribution in [0.4, 0.5) is 4.79 Å². The van der Waals surface area contributed by atoms with Crippen LogP contribution < -0.4 is 16.0 Å². The lowest BCUT2D eigenvalue weighted by Gasteiger charge is -2.30. The number of hydrogen-bond donors (Lipinski definition) is 3. The number of esters is 3. The van der Waals surface area contributed by atoms with Crippen LogP contribution in [0.15, 0.2) is 11.3 Å². The highest BCUT2D eigenvalue weighted by molar-refractivity contribution is 6.22. The highest BCUT2D eigenvalue weighted by atomic mass is 16.5. The maximum Gasteiger partial charge on any atom is 0.328 e. The second kappa shape index (κ2) is 24.2. The molecule has 2 rings (SSSR count). The first-order valence-corrected chi connectivity index (χ1v) is 20.6. The zero-order valence-electron chi connectivity index (χ0n) is 34.6. The number of amides is 2. The fourth-order valence-electron chi connectivity index (χ4n) is 6.74. The second-order valence-electron chi connectivity index (χ2n) is 17.4. The molecule has 2 amide bonds. The molecule has 2 aliphatic carbocycles. The standard InChI is InChI=1S/C42H71N3O9/c1-28(2)23-34(38-35(46)24-42(7,8)25-36(38)47)43-22-16-15-19-32(40(50)54-31-17-13-11-9-10-12-14-18-31)44-41(51)45-33(39(49)53-27-30(5)6)20-21-37(48)52-26-29(3)4/h28-33,43H,9-27H2,1-8H3,(H2,44,45,51)/t32-,33-/m0/s1. The Labute approximate surface area is 324 Å². The van der Waals surface area contributed by atoms with E-state index < -0.39 is 36.0 Å². The van der Waals surface area contributed by atoms with Gasteiger partial charge in [0.05, 0.1) is 18.8 Å². The number of hydrogen-bond acceptors (Lipinski definition) is 10. The number of allylic oxidation sites excluding steroid dienone is 2. The summed E-state index contributed by atoms with van der Waals surface area (Å²) in [6.07, 6.45) is 10.3. The molecule has 54 heavy (non-hydrogen) atoms. The number of carbonyl (C=O) groups is 6. The summed E-state index contributed by atoms with van der Waals surface area (Å²) in [5, 5.41) is 8.76. The third-order valence-electron chi connectivity index (χ3n) is 9.55. The summed E-state index contributed by atoms with van der Waals surface area (Å²) in [6.45, 7) is 16.5. The number of rotatable bonds is 20. The van der Waals surface area contributed by atoms with Gasteiger partial charge in [0.25, 0.3) is 0 Å². The molecule has 0 heterocycles. The van der Waals surface area contributed by atoms with Gasteiger partial charge in [-0.15, -0.1) is 0 Å². The zero-order chi connectivity index (χ0) is 40.3. The van der Waals surface area contributed by atoms with Gasteiger partial charge in [0.2, 0.25) is 0 Å². The summed E-state index contributed by atoms with van der Waals surface area (Å²) in [5.41, 5.74) is 0.604. The van der Waals surface area contributed by atoms with Crippen molar-refractivity contribution in [1.82, 2.24) is 16.0 Å². The highest BCUT2D eigenvalue weighted by Gasteiger charge is 2.37. The van der Waals surface area contributed by atoms with E-state index in [0.717, 1.165) is 38.5 Å². The first-order valence-electron chi connectivity index (χ1n) is 20.6. The van der Waals surface area contributed by atoms with Crippen LogP contribution in [0.1, 0.15) is 158 Å². The van der Waals surface area contributed by atoms with Crippen LogP contribution in [0.5, 0.6) is 0 Å². The molecule has 2 fully saturated rings. The minimum Gasteiger partial charge on any atom is -0.465 e. The van der Waals surface area contributed by atoms with Gasteiger partial charge >= 0.3 is 23.9 Å². The van der Waals surface area contributed by atoms with Crippen LogP contribution >= 0.6 is 0 Å². The van der Waals surface area contributed by atoms with Crippen LogP contribution in [0.25, 0.3) is 0 Å². The lowest BCUT2D eigenvalue weighted by atomic mass is 9.73. The van der Waals surface area contributed by atoms with Gasteiger partial charge in [0.15, 0.2) is 11.6 Å². The molecule has 0 saturated heterocycles. The van der Waals surface area contributed by atoms with Crippen LogP contribution in [-0.2, 0) is 38.2 Å². The number of ether oxygens (including phenoxy) is 3. The molecule has 12 heteroatoms. The number of Topliss-reactive ketones (excluding diaryl/α,β-unsaturated/α-hetero) is 2. The minimum absolute atomic E-state index is 0.0269. The van der Waals surface area contributed by atoms with Crippen LogP contribution in [0.2, 0.25) is 0 Å². The van der Waals surface area contributed by atoms with E-state index in [0.29, 0.717) is 44.3 Å². The molecule has 2 aliphatic rings.